The largest absolute Gasteiger partial charge is 0.490 e. The number of ether oxygens (including phenoxy) is 2. The maximum absolute atomic E-state index is 10.8. The summed E-state index contributed by atoms with van der Waals surface area (Å²) in [6.07, 6.45) is -0.223. The minimum Gasteiger partial charge on any atom is -0.490 e. The van der Waals surface area contributed by atoms with E-state index in [2.05, 4.69) is 0 Å². The first-order chi connectivity index (χ1) is 15.1. The van der Waals surface area contributed by atoms with Crippen molar-refractivity contribution in [3.8, 4) is 11.5 Å². The zero-order valence-electron chi connectivity index (χ0n) is 17.0. The Morgan fingerprint density at radius 1 is 0.806 bits per heavy atom. The maximum atomic E-state index is 10.8. The molecule has 3 aromatic rings. The van der Waals surface area contributed by atoms with E-state index in [1.54, 1.807) is 17.0 Å². The lowest BCUT2D eigenvalue weighted by atomic mass is 10.1. The molecular formula is C24H26N2O4S. The lowest BCUT2D eigenvalue weighted by molar-refractivity contribution is 0.138. The summed E-state index contributed by atoms with van der Waals surface area (Å²) in [5.41, 5.74) is 7.40. The van der Waals surface area contributed by atoms with Crippen molar-refractivity contribution in [1.82, 2.24) is 0 Å². The number of rotatable bonds is 8. The summed E-state index contributed by atoms with van der Waals surface area (Å²) in [6, 6.07) is 24.6. The first-order valence-electron chi connectivity index (χ1n) is 10.2. The van der Waals surface area contributed by atoms with Gasteiger partial charge in [0.15, 0.2) is 5.56 Å². The summed E-state index contributed by atoms with van der Waals surface area (Å²) in [7, 11) is 0. The topological polar surface area (TPSA) is 88.2 Å². The first kappa shape index (κ1) is 21.4. The van der Waals surface area contributed by atoms with Gasteiger partial charge in [-0.2, -0.15) is 0 Å². The number of para-hydroxylation sites is 3. The zero-order valence-corrected chi connectivity index (χ0v) is 17.8. The summed E-state index contributed by atoms with van der Waals surface area (Å²) < 4.78 is 11.4. The van der Waals surface area contributed by atoms with E-state index in [9.17, 15) is 10.2 Å². The molecule has 0 bridgehead atoms. The molecule has 1 fully saturated rings. The van der Waals surface area contributed by atoms with Crippen molar-refractivity contribution in [2.24, 2.45) is 0 Å². The van der Waals surface area contributed by atoms with Gasteiger partial charge < -0.3 is 30.3 Å². The first-order valence-corrected chi connectivity index (χ1v) is 11.1. The van der Waals surface area contributed by atoms with Crippen LogP contribution in [0.2, 0.25) is 0 Å². The molecule has 0 aliphatic carbocycles. The highest BCUT2D eigenvalue weighted by Gasteiger charge is 2.40. The van der Waals surface area contributed by atoms with E-state index in [1.165, 1.54) is 11.8 Å². The van der Waals surface area contributed by atoms with E-state index in [1.807, 2.05) is 66.7 Å². The zero-order chi connectivity index (χ0) is 21.6. The van der Waals surface area contributed by atoms with Crippen LogP contribution in [0.3, 0.4) is 0 Å². The van der Waals surface area contributed by atoms with E-state index in [0.29, 0.717) is 31.0 Å². The van der Waals surface area contributed by atoms with Gasteiger partial charge in [0.1, 0.15) is 30.9 Å². The lowest BCUT2D eigenvalue weighted by Crippen LogP contribution is -2.39. The molecule has 162 valence electrons. The number of nitrogen functional groups attached to an aromatic ring is 1. The van der Waals surface area contributed by atoms with E-state index in [-0.39, 0.29) is 5.25 Å². The van der Waals surface area contributed by atoms with Crippen LogP contribution in [0.15, 0.2) is 78.9 Å². The van der Waals surface area contributed by atoms with Crippen LogP contribution in [0.4, 0.5) is 11.4 Å². The van der Waals surface area contributed by atoms with Gasteiger partial charge in [0, 0.05) is 0 Å². The van der Waals surface area contributed by atoms with Crippen LogP contribution in [-0.4, -0.2) is 40.5 Å². The predicted molar refractivity (Wildman–Crippen MR) is 124 cm³/mol. The summed E-state index contributed by atoms with van der Waals surface area (Å²) in [6.45, 7) is 0.915. The van der Waals surface area contributed by atoms with Gasteiger partial charge in [0.2, 0.25) is 0 Å². The van der Waals surface area contributed by atoms with Crippen molar-refractivity contribution in [3.63, 3.8) is 0 Å². The third kappa shape index (κ3) is 5.25. The molecule has 1 heterocycles. The minimum absolute atomic E-state index is 0.180. The standard InChI is InChI=1S/C24H26N2O4S/c25-20-8-4-5-9-21(20)26-23(27)22(31-24(26)28)16-17-10-12-19(13-11-17)30-15-14-29-18-6-2-1-3-7-18/h1-13,22-24,27-28H,14-16,25H2. The number of hydrogen-bond acceptors (Lipinski definition) is 7. The van der Waals surface area contributed by atoms with Crippen LogP contribution in [0.5, 0.6) is 11.5 Å². The third-order valence-electron chi connectivity index (χ3n) is 5.09. The number of thioether (sulfide) groups is 1. The van der Waals surface area contributed by atoms with Crippen molar-refractivity contribution in [2.75, 3.05) is 23.8 Å². The van der Waals surface area contributed by atoms with Crippen molar-refractivity contribution in [2.45, 2.75) is 23.5 Å². The van der Waals surface area contributed by atoms with Gasteiger partial charge in [-0.15, -0.1) is 11.8 Å². The number of aliphatic hydroxyl groups is 2. The Labute approximate surface area is 186 Å². The number of nitrogens with zero attached hydrogens (tertiary/aromatic N) is 1. The van der Waals surface area contributed by atoms with E-state index in [4.69, 9.17) is 15.2 Å². The molecule has 1 aliphatic rings. The number of nitrogens with two attached hydrogens (primary N) is 1. The minimum atomic E-state index is -0.850. The van der Waals surface area contributed by atoms with E-state index >= 15 is 0 Å². The molecular weight excluding hydrogens is 412 g/mol. The highest BCUT2D eigenvalue weighted by atomic mass is 32.2. The molecule has 31 heavy (non-hydrogen) atoms. The van der Waals surface area contributed by atoms with Crippen LogP contribution < -0.4 is 20.1 Å². The molecule has 3 aromatic carbocycles. The number of anilines is 2. The summed E-state index contributed by atoms with van der Waals surface area (Å²) in [5.74, 6) is 1.58. The van der Waals surface area contributed by atoms with Crippen molar-refractivity contribution in [3.05, 3.63) is 84.4 Å². The highest BCUT2D eigenvalue weighted by Crippen LogP contribution is 2.40. The van der Waals surface area contributed by atoms with Gasteiger partial charge in [-0.05, 0) is 48.4 Å². The third-order valence-corrected chi connectivity index (χ3v) is 6.32. The number of benzene rings is 3. The SMILES string of the molecule is Nc1ccccc1N1C(O)SC(Cc2ccc(OCCOc3ccccc3)cc2)C1O. The fourth-order valence-corrected chi connectivity index (χ4v) is 4.77. The second kappa shape index (κ2) is 9.96. The highest BCUT2D eigenvalue weighted by molar-refractivity contribution is 8.00. The monoisotopic (exact) mass is 438 g/mol. The summed E-state index contributed by atoms with van der Waals surface area (Å²) >= 11 is 1.33. The summed E-state index contributed by atoms with van der Waals surface area (Å²) in [5, 5.41) is 21.1. The lowest BCUT2D eigenvalue weighted by Gasteiger charge is -2.27. The van der Waals surface area contributed by atoms with Crippen molar-refractivity contribution in [1.29, 1.82) is 0 Å². The van der Waals surface area contributed by atoms with E-state index in [0.717, 1.165) is 17.1 Å². The molecule has 0 amide bonds. The van der Waals surface area contributed by atoms with E-state index < -0.39 is 11.8 Å². The fourth-order valence-electron chi connectivity index (χ4n) is 3.53. The molecule has 4 rings (SSSR count). The molecule has 7 heteroatoms. The average molecular weight is 439 g/mol. The van der Waals surface area contributed by atoms with Gasteiger partial charge in [-0.1, -0.05) is 42.5 Å². The van der Waals surface area contributed by atoms with Crippen molar-refractivity contribution >= 4 is 23.1 Å². The quantitative estimate of drug-likeness (QED) is 0.367. The fraction of sp³-hybridized carbons (Fsp3) is 0.250. The molecule has 1 saturated heterocycles. The van der Waals surface area contributed by atoms with Crippen LogP contribution in [-0.2, 0) is 6.42 Å². The molecule has 3 atom stereocenters. The molecule has 1 aliphatic heterocycles. The molecule has 6 nitrogen and oxygen atoms in total. The normalized spacial score (nSPS) is 20.6. The Bertz CT molecular complexity index is 971. The predicted octanol–water partition coefficient (Wildman–Crippen LogP) is 3.49. The maximum Gasteiger partial charge on any atom is 0.178 e. The number of aliphatic hydroxyl groups excluding tert-OH is 2. The Hall–Kier alpha value is -2.87. The van der Waals surface area contributed by atoms with Crippen LogP contribution in [0.1, 0.15) is 5.56 Å². The Morgan fingerprint density at radius 2 is 1.42 bits per heavy atom. The average Bonchev–Trinajstić information content (AvgIpc) is 3.06. The van der Waals surface area contributed by atoms with Crippen LogP contribution >= 0.6 is 11.8 Å². The van der Waals surface area contributed by atoms with Gasteiger partial charge in [0.05, 0.1) is 16.6 Å². The van der Waals surface area contributed by atoms with Gasteiger partial charge >= 0.3 is 0 Å². The molecule has 0 aromatic heterocycles. The Balaban J connectivity index is 1.29. The molecule has 4 N–H and O–H groups in total. The number of hydrogen-bond donors (Lipinski definition) is 3. The van der Waals surface area contributed by atoms with Gasteiger partial charge in [-0.3, -0.25) is 0 Å². The smallest absolute Gasteiger partial charge is 0.178 e. The molecule has 0 saturated carbocycles. The molecule has 0 radical (unpaired) electrons. The van der Waals surface area contributed by atoms with Crippen molar-refractivity contribution < 1.29 is 19.7 Å². The second-order valence-electron chi connectivity index (χ2n) is 7.24. The Morgan fingerprint density at radius 3 is 2.10 bits per heavy atom. The molecule has 0 spiro atoms. The van der Waals surface area contributed by atoms with Crippen LogP contribution in [0.25, 0.3) is 0 Å². The van der Waals surface area contributed by atoms with Crippen LogP contribution in [0, 0.1) is 0 Å². The van der Waals surface area contributed by atoms with Gasteiger partial charge in [0.25, 0.3) is 0 Å². The van der Waals surface area contributed by atoms with Gasteiger partial charge in [-0.25, -0.2) is 0 Å². The molecule has 3 unspecified atom stereocenters. The second-order valence-corrected chi connectivity index (χ2v) is 8.54. The summed E-state index contributed by atoms with van der Waals surface area (Å²) in [4.78, 5) is 1.56. The Kier molecular flexibility index (Phi) is 6.86.